The van der Waals surface area contributed by atoms with E-state index in [1.165, 1.54) is 22.5 Å². The summed E-state index contributed by atoms with van der Waals surface area (Å²) in [6, 6.07) is 19.1. The first-order chi connectivity index (χ1) is 17.3. The molecular formula is C26H22Cl2N4O3S. The molecular weight excluding hydrogens is 519 g/mol. The van der Waals surface area contributed by atoms with Crippen LogP contribution < -0.4 is 10.6 Å². The number of rotatable bonds is 5. The van der Waals surface area contributed by atoms with Gasteiger partial charge in [-0.1, -0.05) is 47.5 Å². The van der Waals surface area contributed by atoms with Gasteiger partial charge in [0.2, 0.25) is 10.0 Å². The summed E-state index contributed by atoms with van der Waals surface area (Å²) in [6.07, 6.45) is 1.72. The molecule has 3 aromatic carbocycles. The third-order valence-corrected chi connectivity index (χ3v) is 8.59. The molecule has 0 spiro atoms. The van der Waals surface area contributed by atoms with E-state index in [-0.39, 0.29) is 15.5 Å². The van der Waals surface area contributed by atoms with Crippen molar-refractivity contribution in [2.75, 3.05) is 31.5 Å². The average molecular weight is 541 g/mol. The molecule has 5 rings (SSSR count). The van der Waals surface area contributed by atoms with Crippen molar-refractivity contribution in [3.05, 3.63) is 88.5 Å². The number of carbonyl (C=O) groups excluding carboxylic acids is 1. The molecule has 0 radical (unpaired) electrons. The molecule has 184 valence electrons. The zero-order chi connectivity index (χ0) is 25.3. The van der Waals surface area contributed by atoms with Crippen molar-refractivity contribution in [2.24, 2.45) is 0 Å². The van der Waals surface area contributed by atoms with E-state index in [0.717, 1.165) is 10.8 Å². The molecule has 0 bridgehead atoms. The number of sulfonamides is 1. The summed E-state index contributed by atoms with van der Waals surface area (Å²) >= 11 is 12.9. The van der Waals surface area contributed by atoms with Crippen molar-refractivity contribution in [3.8, 4) is 11.3 Å². The highest BCUT2D eigenvalue weighted by molar-refractivity contribution is 7.89. The molecule has 0 aliphatic carbocycles. The maximum Gasteiger partial charge on any atom is 0.257 e. The molecule has 1 aliphatic heterocycles. The second-order valence-corrected chi connectivity index (χ2v) is 11.1. The maximum atomic E-state index is 13.0. The van der Waals surface area contributed by atoms with Crippen molar-refractivity contribution in [1.82, 2.24) is 14.6 Å². The first-order valence-corrected chi connectivity index (χ1v) is 13.5. The van der Waals surface area contributed by atoms with Crippen LogP contribution >= 0.6 is 23.2 Å². The number of halogens is 2. The van der Waals surface area contributed by atoms with E-state index in [1.54, 1.807) is 24.4 Å². The summed E-state index contributed by atoms with van der Waals surface area (Å²) in [7, 11) is -3.69. The monoisotopic (exact) mass is 540 g/mol. The molecule has 4 aromatic rings. The maximum absolute atomic E-state index is 13.0. The summed E-state index contributed by atoms with van der Waals surface area (Å²) in [5.74, 6) is -0.467. The summed E-state index contributed by atoms with van der Waals surface area (Å²) < 4.78 is 27.3. The number of aromatic nitrogens is 1. The Labute approximate surface area is 219 Å². The number of carbonyl (C=O) groups is 1. The fourth-order valence-electron chi connectivity index (χ4n) is 4.19. The van der Waals surface area contributed by atoms with E-state index in [2.05, 4.69) is 15.6 Å². The molecule has 1 aliphatic rings. The van der Waals surface area contributed by atoms with Gasteiger partial charge < -0.3 is 10.6 Å². The van der Waals surface area contributed by atoms with Crippen molar-refractivity contribution < 1.29 is 13.2 Å². The summed E-state index contributed by atoms with van der Waals surface area (Å²) in [6.45, 7) is 1.94. The van der Waals surface area contributed by atoms with Gasteiger partial charge in [0, 0.05) is 49.0 Å². The number of pyridine rings is 1. The van der Waals surface area contributed by atoms with Crippen LogP contribution in [0.1, 0.15) is 10.4 Å². The number of fused-ring (bicyclic) bond motifs is 1. The minimum absolute atomic E-state index is 0.0496. The first-order valence-electron chi connectivity index (χ1n) is 11.3. The Morgan fingerprint density at radius 2 is 1.72 bits per heavy atom. The molecule has 1 saturated heterocycles. The Morgan fingerprint density at radius 1 is 0.944 bits per heavy atom. The van der Waals surface area contributed by atoms with Crippen molar-refractivity contribution in [3.63, 3.8) is 0 Å². The van der Waals surface area contributed by atoms with Gasteiger partial charge in [0.05, 0.1) is 26.2 Å². The highest BCUT2D eigenvalue weighted by atomic mass is 35.5. The largest absolute Gasteiger partial charge is 0.322 e. The Hall–Kier alpha value is -3.01. The molecule has 1 fully saturated rings. The molecule has 2 N–H and O–H groups in total. The van der Waals surface area contributed by atoms with E-state index in [4.69, 9.17) is 23.2 Å². The van der Waals surface area contributed by atoms with Crippen LogP contribution in [0.3, 0.4) is 0 Å². The van der Waals surface area contributed by atoms with Gasteiger partial charge in [-0.25, -0.2) is 8.42 Å². The van der Waals surface area contributed by atoms with Crippen molar-refractivity contribution >= 4 is 55.6 Å². The zero-order valence-corrected chi connectivity index (χ0v) is 21.4. The normalized spacial score (nSPS) is 14.6. The predicted molar refractivity (Wildman–Crippen MR) is 143 cm³/mol. The number of anilines is 1. The van der Waals surface area contributed by atoms with Gasteiger partial charge in [-0.05, 0) is 47.9 Å². The molecule has 0 atom stereocenters. The lowest BCUT2D eigenvalue weighted by molar-refractivity contribution is 0.102. The van der Waals surface area contributed by atoms with Gasteiger partial charge in [-0.15, -0.1) is 0 Å². The summed E-state index contributed by atoms with van der Waals surface area (Å²) in [5, 5.41) is 8.46. The van der Waals surface area contributed by atoms with Gasteiger partial charge in [0.1, 0.15) is 0 Å². The number of nitrogens with one attached hydrogen (secondary N) is 2. The van der Waals surface area contributed by atoms with Gasteiger partial charge >= 0.3 is 0 Å². The van der Waals surface area contributed by atoms with Gasteiger partial charge in [-0.3, -0.25) is 9.78 Å². The average Bonchev–Trinajstić information content (AvgIpc) is 2.90. The topological polar surface area (TPSA) is 91.4 Å². The fourth-order valence-corrected chi connectivity index (χ4v) is 6.20. The van der Waals surface area contributed by atoms with Gasteiger partial charge in [0.15, 0.2) is 0 Å². The van der Waals surface area contributed by atoms with Crippen LogP contribution in [-0.4, -0.2) is 49.8 Å². The SMILES string of the molecule is O=C(Nc1ccc(Cl)c(-c2nccc3ccccc23)c1)c1ccc(S(=O)(=O)N2CCNCC2)cc1Cl. The highest BCUT2D eigenvalue weighted by Crippen LogP contribution is 2.34. The van der Waals surface area contributed by atoms with E-state index in [9.17, 15) is 13.2 Å². The van der Waals surface area contributed by atoms with Crippen LogP contribution in [0.15, 0.2) is 77.8 Å². The Balaban J connectivity index is 1.41. The van der Waals surface area contributed by atoms with E-state index < -0.39 is 15.9 Å². The molecule has 0 unspecified atom stereocenters. The molecule has 36 heavy (non-hydrogen) atoms. The molecule has 10 heteroatoms. The molecule has 1 amide bonds. The third-order valence-electron chi connectivity index (χ3n) is 6.05. The number of amides is 1. The number of hydrogen-bond acceptors (Lipinski definition) is 5. The minimum Gasteiger partial charge on any atom is -0.322 e. The first kappa shape index (κ1) is 24.7. The lowest BCUT2D eigenvalue weighted by Crippen LogP contribution is -2.46. The van der Waals surface area contributed by atoms with E-state index >= 15 is 0 Å². The lowest BCUT2D eigenvalue weighted by atomic mass is 10.0. The van der Waals surface area contributed by atoms with Crippen LogP contribution in [-0.2, 0) is 10.0 Å². The number of benzene rings is 3. The summed E-state index contributed by atoms with van der Waals surface area (Å²) in [4.78, 5) is 17.6. The van der Waals surface area contributed by atoms with Crippen LogP contribution in [0.5, 0.6) is 0 Å². The van der Waals surface area contributed by atoms with Crippen LogP contribution in [0.2, 0.25) is 10.0 Å². The second kappa shape index (κ2) is 10.2. The smallest absolute Gasteiger partial charge is 0.257 e. The fraction of sp³-hybridized carbons (Fsp3) is 0.154. The van der Waals surface area contributed by atoms with E-state index in [1.807, 2.05) is 30.3 Å². The Morgan fingerprint density at radius 3 is 2.50 bits per heavy atom. The Kier molecular flexibility index (Phi) is 6.96. The third kappa shape index (κ3) is 4.83. The van der Waals surface area contributed by atoms with Crippen LogP contribution in [0.25, 0.3) is 22.0 Å². The predicted octanol–water partition coefficient (Wildman–Crippen LogP) is 5.05. The van der Waals surface area contributed by atoms with Crippen LogP contribution in [0.4, 0.5) is 5.69 Å². The number of hydrogen-bond donors (Lipinski definition) is 2. The van der Waals surface area contributed by atoms with Crippen LogP contribution in [0, 0.1) is 0 Å². The number of piperazine rings is 1. The van der Waals surface area contributed by atoms with Crippen molar-refractivity contribution in [2.45, 2.75) is 4.90 Å². The zero-order valence-electron chi connectivity index (χ0n) is 19.0. The molecule has 2 heterocycles. The van der Waals surface area contributed by atoms with Gasteiger partial charge in [-0.2, -0.15) is 4.31 Å². The standard InChI is InChI=1S/C26H22Cl2N4O3S/c27-23-8-5-18(15-22(23)25-20-4-2-1-3-17(20)9-10-30-25)31-26(33)21-7-6-19(16-24(21)28)36(34,35)32-13-11-29-12-14-32/h1-10,15-16,29H,11-14H2,(H,31,33). The Bertz CT molecular complexity index is 1570. The quantitative estimate of drug-likeness (QED) is 0.369. The number of nitrogens with zero attached hydrogens (tertiary/aromatic N) is 2. The summed E-state index contributed by atoms with van der Waals surface area (Å²) in [5.41, 5.74) is 2.04. The highest BCUT2D eigenvalue weighted by Gasteiger charge is 2.27. The molecule has 7 nitrogen and oxygen atoms in total. The minimum atomic E-state index is -3.69. The van der Waals surface area contributed by atoms with E-state index in [0.29, 0.717) is 48.1 Å². The molecule has 1 aromatic heterocycles. The molecule has 0 saturated carbocycles. The lowest BCUT2D eigenvalue weighted by Gasteiger charge is -2.26. The second-order valence-electron chi connectivity index (χ2n) is 8.33. The van der Waals surface area contributed by atoms with Gasteiger partial charge in [0.25, 0.3) is 5.91 Å². The van der Waals surface area contributed by atoms with Crippen molar-refractivity contribution in [1.29, 1.82) is 0 Å².